The van der Waals surface area contributed by atoms with E-state index in [4.69, 9.17) is 14.2 Å². The lowest BCUT2D eigenvalue weighted by atomic mass is 9.91. The van der Waals surface area contributed by atoms with E-state index in [0.29, 0.717) is 25.1 Å². The van der Waals surface area contributed by atoms with Crippen molar-refractivity contribution in [2.45, 2.75) is 65.7 Å². The molecule has 0 aliphatic heterocycles. The van der Waals surface area contributed by atoms with Gasteiger partial charge in [-0.2, -0.15) is 0 Å². The number of unbranched alkanes of at least 4 members (excludes halogenated alkanes) is 4. The number of amides is 1. The Labute approximate surface area is 202 Å². The average molecular weight is 472 g/mol. The second-order valence-corrected chi connectivity index (χ2v) is 8.91. The minimum atomic E-state index is -0.528. The minimum Gasteiger partial charge on any atom is -0.462 e. The quantitative estimate of drug-likeness (QED) is 0.213. The van der Waals surface area contributed by atoms with Gasteiger partial charge in [-0.15, -0.1) is 0 Å². The van der Waals surface area contributed by atoms with E-state index in [1.807, 2.05) is 63.2 Å². The summed E-state index contributed by atoms with van der Waals surface area (Å²) in [4.78, 5) is 35.6. The van der Waals surface area contributed by atoms with Crippen LogP contribution in [0.15, 0.2) is 42.5 Å². The van der Waals surface area contributed by atoms with Gasteiger partial charge in [0.25, 0.3) is 0 Å². The lowest BCUT2D eigenvalue weighted by Crippen LogP contribution is -2.29. The molecule has 0 spiro atoms. The maximum absolute atomic E-state index is 12.2. The molecule has 0 unspecified atom stereocenters. The normalized spacial score (nSPS) is 11.1. The topological polar surface area (TPSA) is 90.9 Å². The van der Waals surface area contributed by atoms with Gasteiger partial charge in [0.15, 0.2) is 0 Å². The lowest BCUT2D eigenvalue weighted by molar-refractivity contribution is -0.155. The van der Waals surface area contributed by atoms with E-state index in [9.17, 15) is 14.4 Å². The molecule has 0 fully saturated rings. The molecule has 1 N–H and O–H groups in total. The van der Waals surface area contributed by atoms with Gasteiger partial charge >= 0.3 is 18.0 Å². The number of benzene rings is 2. The van der Waals surface area contributed by atoms with Gasteiger partial charge in [-0.3, -0.25) is 9.59 Å². The zero-order chi connectivity index (χ0) is 24.8. The van der Waals surface area contributed by atoms with Crippen LogP contribution in [-0.2, 0) is 19.1 Å². The smallest absolute Gasteiger partial charge is 0.407 e. The Kier molecular flexibility index (Phi) is 11.4. The molecule has 0 aliphatic carbocycles. The zero-order valence-corrected chi connectivity index (χ0v) is 20.6. The Morgan fingerprint density at radius 2 is 1.53 bits per heavy atom. The van der Waals surface area contributed by atoms with Gasteiger partial charge in [0, 0.05) is 18.4 Å². The highest BCUT2D eigenvalue weighted by atomic mass is 16.6. The third kappa shape index (κ3) is 9.41. The van der Waals surface area contributed by atoms with Crippen LogP contribution in [-0.4, -0.2) is 37.8 Å². The van der Waals surface area contributed by atoms with Crippen molar-refractivity contribution in [2.24, 2.45) is 5.41 Å². The predicted molar refractivity (Wildman–Crippen MR) is 132 cm³/mol. The van der Waals surface area contributed by atoms with E-state index in [0.717, 1.165) is 42.9 Å². The van der Waals surface area contributed by atoms with E-state index in [2.05, 4.69) is 5.32 Å². The molecule has 0 saturated carbocycles. The van der Waals surface area contributed by atoms with Crippen molar-refractivity contribution in [2.75, 3.05) is 19.8 Å². The fourth-order valence-electron chi connectivity index (χ4n) is 3.23. The van der Waals surface area contributed by atoms with Gasteiger partial charge in [0.1, 0.15) is 19.0 Å². The van der Waals surface area contributed by atoms with Crippen molar-refractivity contribution >= 4 is 28.8 Å². The molecule has 0 heterocycles. The van der Waals surface area contributed by atoms with Crippen LogP contribution in [0.3, 0.4) is 0 Å². The second-order valence-electron chi connectivity index (χ2n) is 8.91. The lowest BCUT2D eigenvalue weighted by Gasteiger charge is -2.20. The van der Waals surface area contributed by atoms with Gasteiger partial charge in [-0.1, -0.05) is 62.6 Å². The van der Waals surface area contributed by atoms with Crippen LogP contribution >= 0.6 is 0 Å². The van der Waals surface area contributed by atoms with Gasteiger partial charge in [0.2, 0.25) is 0 Å². The van der Waals surface area contributed by atoms with Crippen molar-refractivity contribution in [3.63, 3.8) is 0 Å². The Bertz CT molecular complexity index is 934. The summed E-state index contributed by atoms with van der Waals surface area (Å²) in [6.45, 7) is 6.17. The number of ether oxygens (including phenoxy) is 3. The molecule has 0 radical (unpaired) electrons. The molecule has 0 saturated heterocycles. The summed E-state index contributed by atoms with van der Waals surface area (Å²) in [7, 11) is 0. The van der Waals surface area contributed by atoms with Gasteiger partial charge in [-0.25, -0.2) is 4.79 Å². The predicted octanol–water partition coefficient (Wildman–Crippen LogP) is 5.79. The van der Waals surface area contributed by atoms with Crippen LogP contribution < -0.4 is 10.1 Å². The standard InChI is InChI=1S/C27H37NO6/c1-4-27(2,3)25(30)32-19-20-33-26(31)28-18-11-7-5-6-8-17-24(29)34-23-16-12-14-21-13-9-10-15-22(21)23/h9-10,12-16H,4-8,11,17-20H2,1-3H3,(H,28,31). The molecule has 0 aliphatic rings. The van der Waals surface area contributed by atoms with Crippen molar-refractivity contribution in [1.82, 2.24) is 5.32 Å². The maximum Gasteiger partial charge on any atom is 0.407 e. The Balaban J connectivity index is 1.47. The highest BCUT2D eigenvalue weighted by Crippen LogP contribution is 2.25. The Morgan fingerprint density at radius 3 is 2.32 bits per heavy atom. The molecule has 34 heavy (non-hydrogen) atoms. The number of nitrogens with one attached hydrogen (secondary N) is 1. The van der Waals surface area contributed by atoms with E-state index >= 15 is 0 Å². The number of rotatable bonds is 14. The average Bonchev–Trinajstić information content (AvgIpc) is 2.83. The van der Waals surface area contributed by atoms with E-state index in [-0.39, 0.29) is 25.2 Å². The number of esters is 2. The maximum atomic E-state index is 12.2. The van der Waals surface area contributed by atoms with Crippen molar-refractivity contribution in [3.05, 3.63) is 42.5 Å². The molecule has 2 aromatic carbocycles. The number of hydrogen-bond acceptors (Lipinski definition) is 6. The third-order valence-corrected chi connectivity index (χ3v) is 5.79. The first-order valence-electron chi connectivity index (χ1n) is 12.1. The van der Waals surface area contributed by atoms with Gasteiger partial charge < -0.3 is 19.5 Å². The second kappa shape index (κ2) is 14.2. The van der Waals surface area contributed by atoms with Crippen LogP contribution in [0.4, 0.5) is 4.79 Å². The van der Waals surface area contributed by atoms with Crippen LogP contribution in [0.25, 0.3) is 10.8 Å². The first-order valence-corrected chi connectivity index (χ1v) is 12.1. The molecule has 7 nitrogen and oxygen atoms in total. The molecule has 2 rings (SSSR count). The number of hydrogen-bond donors (Lipinski definition) is 1. The molecule has 0 bridgehead atoms. The summed E-state index contributed by atoms with van der Waals surface area (Å²) < 4.78 is 15.7. The molecule has 0 aromatic heterocycles. The molecule has 2 aromatic rings. The van der Waals surface area contributed by atoms with E-state index in [1.54, 1.807) is 0 Å². The van der Waals surface area contributed by atoms with Crippen LogP contribution in [0.2, 0.25) is 0 Å². The summed E-state index contributed by atoms with van der Waals surface area (Å²) in [5.41, 5.74) is -0.528. The molecular weight excluding hydrogens is 434 g/mol. The van der Waals surface area contributed by atoms with Crippen molar-refractivity contribution in [1.29, 1.82) is 0 Å². The first-order chi connectivity index (χ1) is 16.3. The fraction of sp³-hybridized carbons (Fsp3) is 0.519. The monoisotopic (exact) mass is 471 g/mol. The zero-order valence-electron chi connectivity index (χ0n) is 20.6. The SMILES string of the molecule is CCC(C)(C)C(=O)OCCOC(=O)NCCCCCCCC(=O)Oc1cccc2ccccc12. The summed E-state index contributed by atoms with van der Waals surface area (Å²) in [5.74, 6) is 0.0922. The van der Waals surface area contributed by atoms with Crippen LogP contribution in [0.1, 0.15) is 65.7 Å². The summed E-state index contributed by atoms with van der Waals surface area (Å²) >= 11 is 0. The number of fused-ring (bicyclic) bond motifs is 1. The molecule has 186 valence electrons. The number of alkyl carbamates (subject to hydrolysis) is 1. The largest absolute Gasteiger partial charge is 0.462 e. The van der Waals surface area contributed by atoms with Crippen LogP contribution in [0.5, 0.6) is 5.75 Å². The number of carbonyl (C=O) groups is 3. The molecule has 0 atom stereocenters. The van der Waals surface area contributed by atoms with Crippen molar-refractivity contribution in [3.8, 4) is 5.75 Å². The van der Waals surface area contributed by atoms with Crippen LogP contribution in [0, 0.1) is 5.41 Å². The van der Waals surface area contributed by atoms with Gasteiger partial charge in [-0.05, 0) is 44.6 Å². The number of carbonyl (C=O) groups excluding carboxylic acids is 3. The van der Waals surface area contributed by atoms with E-state index < -0.39 is 11.5 Å². The Morgan fingerprint density at radius 1 is 0.853 bits per heavy atom. The summed E-state index contributed by atoms with van der Waals surface area (Å²) in [5, 5.41) is 4.67. The first kappa shape index (κ1) is 27.2. The molecular formula is C27H37NO6. The third-order valence-electron chi connectivity index (χ3n) is 5.79. The highest BCUT2D eigenvalue weighted by Gasteiger charge is 2.26. The van der Waals surface area contributed by atoms with Gasteiger partial charge in [0.05, 0.1) is 5.41 Å². The highest BCUT2D eigenvalue weighted by molar-refractivity contribution is 5.90. The van der Waals surface area contributed by atoms with E-state index in [1.165, 1.54) is 0 Å². The molecule has 7 heteroatoms. The fourth-order valence-corrected chi connectivity index (χ4v) is 3.23. The molecule has 1 amide bonds. The van der Waals surface area contributed by atoms with Crippen molar-refractivity contribution < 1.29 is 28.6 Å². The Hall–Kier alpha value is -3.09. The summed E-state index contributed by atoms with van der Waals surface area (Å²) in [6, 6.07) is 13.5. The summed E-state index contributed by atoms with van der Waals surface area (Å²) in [6.07, 6.45) is 5.00. The minimum absolute atomic E-state index is 0.0340.